The van der Waals surface area contributed by atoms with Crippen molar-refractivity contribution in [1.29, 1.82) is 0 Å². The lowest BCUT2D eigenvalue weighted by Crippen LogP contribution is -2.28. The lowest BCUT2D eigenvalue weighted by molar-refractivity contribution is 0.224. The fraction of sp³-hybridized carbons (Fsp3) is 0.250. The second-order valence-corrected chi connectivity index (χ2v) is 5.79. The number of rotatable bonds is 7. The molecule has 1 aromatic carbocycles. The molecule has 0 bridgehead atoms. The maximum Gasteiger partial charge on any atom is 0.241 e. The molecule has 0 fully saturated rings. The van der Waals surface area contributed by atoms with Crippen LogP contribution in [0.15, 0.2) is 51.7 Å². The molecule has 0 amide bonds. The van der Waals surface area contributed by atoms with Crippen molar-refractivity contribution < 1.29 is 4.52 Å². The van der Waals surface area contributed by atoms with E-state index in [1.165, 1.54) is 5.56 Å². The highest BCUT2D eigenvalue weighted by molar-refractivity contribution is 7.08. The predicted molar refractivity (Wildman–Crippen MR) is 87.2 cm³/mol. The Morgan fingerprint density at radius 1 is 1.14 bits per heavy atom. The van der Waals surface area contributed by atoms with Crippen molar-refractivity contribution in [3.63, 3.8) is 0 Å². The first kappa shape index (κ1) is 14.9. The van der Waals surface area contributed by atoms with Gasteiger partial charge in [0.15, 0.2) is 0 Å². The maximum absolute atomic E-state index is 5.71. The van der Waals surface area contributed by atoms with Crippen LogP contribution in [0.3, 0.4) is 0 Å². The quantitative estimate of drug-likeness (QED) is 0.726. The molecule has 5 nitrogen and oxygen atoms in total. The summed E-state index contributed by atoms with van der Waals surface area (Å²) >= 11 is 1.62. The largest absolute Gasteiger partial charge is 0.338 e. The van der Waals surface area contributed by atoms with E-state index in [-0.39, 0.29) is 0 Å². The molecule has 0 atom stereocenters. The van der Waals surface area contributed by atoms with Crippen LogP contribution in [0.2, 0.25) is 0 Å². The Labute approximate surface area is 133 Å². The van der Waals surface area contributed by atoms with Crippen LogP contribution in [-0.2, 0) is 13.1 Å². The molecule has 6 heteroatoms. The minimum Gasteiger partial charge on any atom is -0.338 e. The number of thiophene rings is 1. The Morgan fingerprint density at radius 3 is 2.73 bits per heavy atom. The fourth-order valence-corrected chi connectivity index (χ4v) is 2.89. The van der Waals surface area contributed by atoms with Crippen molar-refractivity contribution in [1.82, 2.24) is 15.0 Å². The third-order valence-electron chi connectivity index (χ3n) is 3.30. The van der Waals surface area contributed by atoms with Gasteiger partial charge in [-0.3, -0.25) is 4.90 Å². The van der Waals surface area contributed by atoms with Crippen LogP contribution in [0.4, 0.5) is 0 Å². The first-order valence-electron chi connectivity index (χ1n) is 7.16. The molecule has 0 spiro atoms. The zero-order valence-electron chi connectivity index (χ0n) is 12.2. The van der Waals surface area contributed by atoms with E-state index in [1.807, 2.05) is 35.0 Å². The molecule has 22 heavy (non-hydrogen) atoms. The van der Waals surface area contributed by atoms with E-state index < -0.39 is 0 Å². The molecule has 2 aromatic heterocycles. The van der Waals surface area contributed by atoms with Gasteiger partial charge >= 0.3 is 0 Å². The monoisotopic (exact) mass is 314 g/mol. The predicted octanol–water partition coefficient (Wildman–Crippen LogP) is 2.76. The van der Waals surface area contributed by atoms with Crippen molar-refractivity contribution in [2.45, 2.75) is 13.1 Å². The highest BCUT2D eigenvalue weighted by atomic mass is 32.1. The zero-order chi connectivity index (χ0) is 15.2. The van der Waals surface area contributed by atoms with Gasteiger partial charge in [0.1, 0.15) is 0 Å². The highest BCUT2D eigenvalue weighted by Gasteiger charge is 2.13. The second kappa shape index (κ2) is 7.31. The Kier molecular flexibility index (Phi) is 4.95. The Balaban J connectivity index is 1.68. The number of nitrogens with zero attached hydrogens (tertiary/aromatic N) is 3. The molecule has 0 radical (unpaired) electrons. The minimum absolute atomic E-state index is 0.596. The molecular formula is C16H18N4OS. The summed E-state index contributed by atoms with van der Waals surface area (Å²) in [6, 6.07) is 12.3. The molecule has 3 aromatic rings. The lowest BCUT2D eigenvalue weighted by atomic mass is 10.2. The summed E-state index contributed by atoms with van der Waals surface area (Å²) in [5.41, 5.74) is 7.95. The SMILES string of the molecule is NCCN(Cc1ccccc1)Cc1nc(-c2ccsc2)no1. The standard InChI is InChI=1S/C16H18N4OS/c17-7-8-20(10-13-4-2-1-3-5-13)11-15-18-16(19-21-15)14-6-9-22-12-14/h1-6,9,12H,7-8,10-11,17H2. The molecule has 0 unspecified atom stereocenters. The van der Waals surface area contributed by atoms with E-state index in [1.54, 1.807) is 11.3 Å². The molecule has 0 aliphatic rings. The molecule has 114 valence electrons. The van der Waals surface area contributed by atoms with Crippen molar-refractivity contribution >= 4 is 11.3 Å². The summed E-state index contributed by atoms with van der Waals surface area (Å²) in [5.74, 6) is 1.26. The van der Waals surface area contributed by atoms with E-state index in [9.17, 15) is 0 Å². The molecule has 0 saturated heterocycles. The number of nitrogens with two attached hydrogens (primary N) is 1. The van der Waals surface area contributed by atoms with Crippen LogP contribution in [-0.4, -0.2) is 28.1 Å². The van der Waals surface area contributed by atoms with Crippen LogP contribution in [0.25, 0.3) is 11.4 Å². The molecule has 2 heterocycles. The normalized spacial score (nSPS) is 11.2. The number of hydrogen-bond acceptors (Lipinski definition) is 6. The first-order valence-corrected chi connectivity index (χ1v) is 8.11. The molecule has 0 aliphatic carbocycles. The molecule has 2 N–H and O–H groups in total. The zero-order valence-corrected chi connectivity index (χ0v) is 13.0. The third-order valence-corrected chi connectivity index (χ3v) is 3.98. The highest BCUT2D eigenvalue weighted by Crippen LogP contribution is 2.19. The minimum atomic E-state index is 0.596. The lowest BCUT2D eigenvalue weighted by Gasteiger charge is -2.19. The van der Waals surface area contributed by atoms with Crippen LogP contribution < -0.4 is 5.73 Å². The third kappa shape index (κ3) is 3.79. The van der Waals surface area contributed by atoms with Gasteiger partial charge in [0, 0.05) is 30.6 Å². The van der Waals surface area contributed by atoms with Crippen molar-refractivity contribution in [2.75, 3.05) is 13.1 Å². The maximum atomic E-state index is 5.71. The van der Waals surface area contributed by atoms with Gasteiger partial charge in [-0.25, -0.2) is 0 Å². The van der Waals surface area contributed by atoms with Gasteiger partial charge in [0.2, 0.25) is 11.7 Å². The van der Waals surface area contributed by atoms with Gasteiger partial charge in [0.05, 0.1) is 6.54 Å². The Bertz CT molecular complexity index is 681. The number of aromatic nitrogens is 2. The van der Waals surface area contributed by atoms with Gasteiger partial charge in [-0.15, -0.1) is 0 Å². The van der Waals surface area contributed by atoms with E-state index in [4.69, 9.17) is 10.3 Å². The summed E-state index contributed by atoms with van der Waals surface area (Å²) in [5, 5.41) is 8.05. The summed E-state index contributed by atoms with van der Waals surface area (Å²) in [4.78, 5) is 6.67. The number of hydrogen-bond donors (Lipinski definition) is 1. The van der Waals surface area contributed by atoms with Crippen LogP contribution >= 0.6 is 11.3 Å². The van der Waals surface area contributed by atoms with Gasteiger partial charge in [-0.1, -0.05) is 35.5 Å². The smallest absolute Gasteiger partial charge is 0.241 e. The average Bonchev–Trinajstić information content (AvgIpc) is 3.19. The topological polar surface area (TPSA) is 68.2 Å². The summed E-state index contributed by atoms with van der Waals surface area (Å²) < 4.78 is 5.36. The Morgan fingerprint density at radius 2 is 2.00 bits per heavy atom. The second-order valence-electron chi connectivity index (χ2n) is 5.01. The van der Waals surface area contributed by atoms with Gasteiger partial charge in [-0.2, -0.15) is 16.3 Å². The summed E-state index contributed by atoms with van der Waals surface area (Å²) in [6.45, 7) is 2.79. The van der Waals surface area contributed by atoms with Gasteiger partial charge in [-0.05, 0) is 17.0 Å². The van der Waals surface area contributed by atoms with E-state index >= 15 is 0 Å². The van der Waals surface area contributed by atoms with Crippen LogP contribution in [0.1, 0.15) is 11.5 Å². The summed E-state index contributed by atoms with van der Waals surface area (Å²) in [6.07, 6.45) is 0. The van der Waals surface area contributed by atoms with Crippen LogP contribution in [0.5, 0.6) is 0 Å². The first-order chi connectivity index (χ1) is 10.8. The fourth-order valence-electron chi connectivity index (χ4n) is 2.26. The molecular weight excluding hydrogens is 296 g/mol. The number of benzene rings is 1. The van der Waals surface area contributed by atoms with Crippen molar-refractivity contribution in [3.8, 4) is 11.4 Å². The van der Waals surface area contributed by atoms with Crippen LogP contribution in [0, 0.1) is 0 Å². The summed E-state index contributed by atoms with van der Waals surface area (Å²) in [7, 11) is 0. The Hall–Kier alpha value is -2.02. The van der Waals surface area contributed by atoms with E-state index in [0.29, 0.717) is 24.8 Å². The average molecular weight is 314 g/mol. The van der Waals surface area contributed by atoms with E-state index in [2.05, 4.69) is 27.2 Å². The van der Waals surface area contributed by atoms with Crippen molar-refractivity contribution in [2.24, 2.45) is 5.73 Å². The van der Waals surface area contributed by atoms with Crippen molar-refractivity contribution in [3.05, 3.63) is 58.6 Å². The molecule has 0 aliphatic heterocycles. The molecule has 3 rings (SSSR count). The molecule has 0 saturated carbocycles. The van der Waals surface area contributed by atoms with E-state index in [0.717, 1.165) is 18.7 Å². The van der Waals surface area contributed by atoms with Gasteiger partial charge < -0.3 is 10.3 Å². The van der Waals surface area contributed by atoms with Gasteiger partial charge in [0.25, 0.3) is 0 Å².